The number of nitrogens with two attached hydrogens (primary N) is 1. The predicted octanol–water partition coefficient (Wildman–Crippen LogP) is 0.752. The van der Waals surface area contributed by atoms with Crippen LogP contribution in [0.5, 0.6) is 0 Å². The minimum absolute atomic E-state index is 0.0219. The number of hydrogen-bond donors (Lipinski definition) is 6. The van der Waals surface area contributed by atoms with Gasteiger partial charge in [0.05, 0.1) is 33.5 Å². The Bertz CT molecular complexity index is 2580. The number of aliphatic hydroxyl groups excluding tert-OH is 3. The Kier molecular flexibility index (Phi) is 18.7. The van der Waals surface area contributed by atoms with Gasteiger partial charge in [-0.25, -0.2) is 19.3 Å². The number of aliphatic hydroxyl groups is 3. The zero-order chi connectivity index (χ0) is 55.1. The van der Waals surface area contributed by atoms with E-state index in [4.69, 9.17) is 10.5 Å². The number of amides is 2. The monoisotopic (exact) mass is 1140 g/mol. The molecule has 422 valence electrons. The summed E-state index contributed by atoms with van der Waals surface area (Å²) < 4.78 is 61.1. The van der Waals surface area contributed by atoms with E-state index >= 15 is 0 Å². The Morgan fingerprint density at radius 3 is 2.41 bits per heavy atom. The molecule has 7 N–H and O–H groups in total. The molecule has 4 aliphatic carbocycles. The van der Waals surface area contributed by atoms with Crippen molar-refractivity contribution in [3.63, 3.8) is 0 Å². The molecule has 4 saturated carbocycles. The Morgan fingerprint density at radius 1 is 0.987 bits per heavy atom. The molecule has 7 rings (SSSR count). The number of hydrogen-bond acceptors (Lipinski definition) is 24. The highest BCUT2D eigenvalue weighted by atomic mass is 32.2. The predicted molar refractivity (Wildman–Crippen MR) is 258 cm³/mol. The lowest BCUT2D eigenvalue weighted by Crippen LogP contribution is -2.58. The Labute approximate surface area is 438 Å². The molecule has 26 nitrogen and oxygen atoms in total. The van der Waals surface area contributed by atoms with E-state index in [0.717, 1.165) is 67.5 Å². The number of fused-ring (bicyclic) bond motifs is 6. The maximum atomic E-state index is 12.9. The van der Waals surface area contributed by atoms with E-state index < -0.39 is 84.6 Å². The van der Waals surface area contributed by atoms with E-state index in [9.17, 15) is 67.8 Å². The number of nitrogens with zero attached hydrogens (tertiary/aromatic N) is 4. The number of anilines is 1. The van der Waals surface area contributed by atoms with Crippen LogP contribution in [0.3, 0.4) is 0 Å². The zero-order valence-corrected chi connectivity index (χ0v) is 45.9. The second kappa shape index (κ2) is 23.5. The highest BCUT2D eigenvalue weighted by molar-refractivity contribution is 8.13. The standard InChI is InChI=1S/C45H72N7O19P3S/c1-24(27-7-8-28-34-29(11-14-45(27,28)5)44(4)13-10-26(53)18-25(44)19-30(34)54)6-9-33(56)75-17-16-47-32(55)12-15-48-41(59)38(58)43(2,3)21-68-74(65,66)71-73(63,64)67-20-31-37(70-72(60,61)62)36(57)42(69-31)52-23-51-35-39(46)49-22-50-40(35)52/h22-25,27-31,34,36-38,42,54,57-58H,6-21H2,1-5H3,(H,47,55)(H,48,59)(H,63,64)(H,65,66)(H2,46,49,50)(H2,60,61,62)/p-4/t24-,25+,27-,28+,29+,30-,31-,34+,36-,37-,38+,42-,44+,45-/m1/s1. The van der Waals surface area contributed by atoms with Crippen LogP contribution >= 0.6 is 35.2 Å². The summed E-state index contributed by atoms with van der Waals surface area (Å²) in [5, 5.41) is 38.2. The SMILES string of the molecule is C[C@H](CCC(=O)SCCNC(=O)CCNC(=O)[C@H](O)C(C)(C)COP(=O)([O-])OP(=O)([O-])OC[C@H]1O[C@@H](n2cnc3c(N)ncnc32)[C@H](O)[C@@H]1OP(=O)([O-])[O-])[C@H]1CC[C@H]2[C@@H]3[C@H](O)C[C@@H]4CC(=O)CC[C@]4(C)[C@H]3CC[C@]12C. The molecule has 1 aliphatic heterocycles. The molecule has 2 aromatic rings. The molecule has 5 aliphatic rings. The van der Waals surface area contributed by atoms with E-state index in [1.165, 1.54) is 13.8 Å². The molecule has 2 unspecified atom stereocenters. The summed E-state index contributed by atoms with van der Waals surface area (Å²) in [6.45, 7) is 7.08. The molecule has 2 aromatic heterocycles. The molecular weight excluding hydrogens is 1070 g/mol. The number of ketones is 1. The normalized spacial score (nSPS) is 33.4. The van der Waals surface area contributed by atoms with E-state index in [1.54, 1.807) is 0 Å². The van der Waals surface area contributed by atoms with Crippen LogP contribution < -0.4 is 35.9 Å². The van der Waals surface area contributed by atoms with Gasteiger partial charge in [-0.1, -0.05) is 46.4 Å². The van der Waals surface area contributed by atoms with Crippen LogP contribution in [0.25, 0.3) is 11.2 Å². The Hall–Kier alpha value is -2.81. The first-order valence-electron chi connectivity index (χ1n) is 25.1. The maximum absolute atomic E-state index is 12.9. The molecule has 3 heterocycles. The van der Waals surface area contributed by atoms with Gasteiger partial charge in [-0.05, 0) is 91.3 Å². The van der Waals surface area contributed by atoms with Gasteiger partial charge in [0, 0.05) is 49.9 Å². The lowest BCUT2D eigenvalue weighted by atomic mass is 9.44. The third-order valence-electron chi connectivity index (χ3n) is 16.8. The van der Waals surface area contributed by atoms with Crippen LogP contribution in [0.1, 0.15) is 111 Å². The van der Waals surface area contributed by atoms with Gasteiger partial charge in [0.1, 0.15) is 42.0 Å². The van der Waals surface area contributed by atoms with Crippen molar-refractivity contribution >= 4 is 74.9 Å². The molecule has 30 heteroatoms. The second-order valence-corrected chi connectivity index (χ2v) is 27.2. The number of thioether (sulfide) groups is 1. The number of phosphoric ester groups is 3. The summed E-state index contributed by atoms with van der Waals surface area (Å²) in [6, 6.07) is 0. The fourth-order valence-corrected chi connectivity index (χ4v) is 16.3. The molecule has 0 spiro atoms. The number of Topliss-reactive ketones (excluding diaryl/α,β-unsaturated/α-hetero) is 1. The van der Waals surface area contributed by atoms with Crippen LogP contribution in [0, 0.1) is 51.8 Å². The van der Waals surface area contributed by atoms with Gasteiger partial charge in [-0.3, -0.25) is 32.9 Å². The van der Waals surface area contributed by atoms with Crippen molar-refractivity contribution in [3.8, 4) is 0 Å². The molecule has 75 heavy (non-hydrogen) atoms. The molecule has 0 bridgehead atoms. The average Bonchev–Trinajstić information content (AvgIpc) is 4.01. The third kappa shape index (κ3) is 13.8. The van der Waals surface area contributed by atoms with Crippen molar-refractivity contribution in [1.82, 2.24) is 30.2 Å². The first-order chi connectivity index (χ1) is 34.9. The number of carbonyl (C=O) groups excluding carboxylic acids is 4. The van der Waals surface area contributed by atoms with Gasteiger partial charge in [0.15, 0.2) is 22.8 Å². The highest BCUT2D eigenvalue weighted by Crippen LogP contribution is 2.68. The number of imidazole rings is 1. The summed E-state index contributed by atoms with van der Waals surface area (Å²) >= 11 is 1.13. The van der Waals surface area contributed by atoms with Crippen LogP contribution in [0.2, 0.25) is 0 Å². The number of aromatic nitrogens is 4. The minimum atomic E-state index is -5.94. The fourth-order valence-electron chi connectivity index (χ4n) is 12.9. The van der Waals surface area contributed by atoms with Crippen molar-refractivity contribution < 1.29 is 90.4 Å². The van der Waals surface area contributed by atoms with Crippen molar-refractivity contribution in [2.24, 2.45) is 51.8 Å². The van der Waals surface area contributed by atoms with Gasteiger partial charge < -0.3 is 74.1 Å². The van der Waals surface area contributed by atoms with Crippen molar-refractivity contribution in [2.45, 2.75) is 142 Å². The molecular formula is C45H68N7O19P3S-4. The number of carbonyl (C=O) groups is 4. The van der Waals surface area contributed by atoms with Crippen LogP contribution in [0.4, 0.5) is 5.82 Å². The summed E-state index contributed by atoms with van der Waals surface area (Å²) in [4.78, 5) is 111. The first-order valence-corrected chi connectivity index (χ1v) is 30.5. The van der Waals surface area contributed by atoms with Crippen molar-refractivity contribution in [2.75, 3.05) is 37.8 Å². The summed E-state index contributed by atoms with van der Waals surface area (Å²) in [6.07, 6.45) is 0.271. The quantitative estimate of drug-likeness (QED) is 0.0660. The van der Waals surface area contributed by atoms with Gasteiger partial charge >= 0.3 is 0 Å². The van der Waals surface area contributed by atoms with Crippen LogP contribution in [-0.2, 0) is 55.5 Å². The largest absolute Gasteiger partial charge is 0.790 e. The Morgan fingerprint density at radius 2 is 1.69 bits per heavy atom. The first kappa shape index (κ1) is 59.8. The van der Waals surface area contributed by atoms with Gasteiger partial charge in [-0.15, -0.1) is 0 Å². The number of nitrogens with one attached hydrogen (secondary N) is 2. The number of phosphoric acid groups is 3. The molecule has 0 radical (unpaired) electrons. The van der Waals surface area contributed by atoms with Gasteiger partial charge in [-0.2, -0.15) is 0 Å². The van der Waals surface area contributed by atoms with E-state index in [2.05, 4.69) is 64.2 Å². The molecule has 16 atom stereocenters. The molecule has 1 saturated heterocycles. The molecule has 5 fully saturated rings. The number of ether oxygens (including phenoxy) is 1. The second-order valence-electron chi connectivity index (χ2n) is 22.0. The molecule has 0 aromatic carbocycles. The number of rotatable bonds is 23. The van der Waals surface area contributed by atoms with Crippen molar-refractivity contribution in [3.05, 3.63) is 12.7 Å². The smallest absolute Gasteiger partial charge is 0.274 e. The summed E-state index contributed by atoms with van der Waals surface area (Å²) in [5.74, 6) is 1.23. The number of nitrogen functional groups attached to an aromatic ring is 1. The van der Waals surface area contributed by atoms with Crippen LogP contribution in [-0.4, -0.2) is 120 Å². The van der Waals surface area contributed by atoms with Gasteiger partial charge in [0.25, 0.3) is 15.6 Å². The lowest BCUT2D eigenvalue weighted by molar-refractivity contribution is -0.347. The topological polar surface area (TPSA) is 412 Å². The van der Waals surface area contributed by atoms with Crippen molar-refractivity contribution in [1.29, 1.82) is 0 Å². The fraction of sp³-hybridized carbons (Fsp3) is 0.800. The zero-order valence-electron chi connectivity index (χ0n) is 42.4. The third-order valence-corrected chi connectivity index (χ3v) is 20.8. The van der Waals surface area contributed by atoms with E-state index in [0.29, 0.717) is 60.9 Å². The summed E-state index contributed by atoms with van der Waals surface area (Å²) in [5.41, 5.74) is 4.26. The van der Waals surface area contributed by atoms with Gasteiger partial charge in [0.2, 0.25) is 11.8 Å². The maximum Gasteiger partial charge on any atom is 0.274 e. The average molecular weight is 1140 g/mol. The van der Waals surface area contributed by atoms with Crippen LogP contribution in [0.15, 0.2) is 12.7 Å². The highest BCUT2D eigenvalue weighted by Gasteiger charge is 2.63. The van der Waals surface area contributed by atoms with E-state index in [1.807, 2.05) is 0 Å². The van der Waals surface area contributed by atoms with E-state index in [-0.39, 0.29) is 70.4 Å². The molecule has 2 amide bonds. The minimum Gasteiger partial charge on any atom is -0.790 e. The summed E-state index contributed by atoms with van der Waals surface area (Å²) in [7, 11) is -17.7. The Balaban J connectivity index is 0.778. The lowest BCUT2D eigenvalue weighted by Gasteiger charge is -2.62.